The molecule has 3 rings (SSSR count). The van der Waals surface area contributed by atoms with Crippen molar-refractivity contribution in [3.63, 3.8) is 0 Å². The molecule has 0 fully saturated rings. The molecule has 6 nitrogen and oxygen atoms in total. The van der Waals surface area contributed by atoms with Crippen molar-refractivity contribution >= 4 is 40.2 Å². The number of rotatable bonds is 7. The second-order valence-electron chi connectivity index (χ2n) is 4.92. The summed E-state index contributed by atoms with van der Waals surface area (Å²) >= 11 is 3.04. The van der Waals surface area contributed by atoms with Gasteiger partial charge in [0.05, 0.1) is 24.2 Å². The molecule has 0 atom stereocenters. The zero-order chi connectivity index (χ0) is 16.9. The molecule has 1 aromatic carbocycles. The Labute approximate surface area is 146 Å². The first-order valence-corrected chi connectivity index (χ1v) is 9.35. The molecule has 0 radical (unpaired) electrons. The Morgan fingerprint density at radius 3 is 3.08 bits per heavy atom. The van der Waals surface area contributed by atoms with Crippen molar-refractivity contribution in [2.24, 2.45) is 0 Å². The largest absolute Gasteiger partial charge is 0.466 e. The minimum Gasteiger partial charge on any atom is -0.466 e. The van der Waals surface area contributed by atoms with Gasteiger partial charge in [-0.25, -0.2) is 9.78 Å². The van der Waals surface area contributed by atoms with Crippen LogP contribution in [-0.2, 0) is 22.5 Å². The third-order valence-electron chi connectivity index (χ3n) is 3.28. The number of esters is 1. The van der Waals surface area contributed by atoms with Crippen molar-refractivity contribution in [2.45, 2.75) is 24.2 Å². The molecule has 0 N–H and O–H groups in total. The highest BCUT2D eigenvalue weighted by Gasteiger charge is 2.11. The van der Waals surface area contributed by atoms with Crippen LogP contribution in [0.5, 0.6) is 0 Å². The summed E-state index contributed by atoms with van der Waals surface area (Å²) in [5, 5.41) is 1.86. The highest BCUT2D eigenvalue weighted by molar-refractivity contribution is 8.00. The van der Waals surface area contributed by atoms with Gasteiger partial charge in [-0.2, -0.15) is 0 Å². The van der Waals surface area contributed by atoms with Crippen LogP contribution in [0, 0.1) is 0 Å². The van der Waals surface area contributed by atoms with E-state index in [-0.39, 0.29) is 18.1 Å². The van der Waals surface area contributed by atoms with Crippen molar-refractivity contribution < 1.29 is 13.9 Å². The lowest BCUT2D eigenvalue weighted by atomic mass is 10.3. The standard InChI is InChI=1S/C16H16N2O4S2/c1-2-21-14(19)9-11-10-24-15(17-11)23-8-7-18-12-5-3-4-6-13(12)22-16(18)20/h3-6,10H,2,7-9H2,1H3. The first kappa shape index (κ1) is 16.8. The maximum absolute atomic E-state index is 11.9. The van der Waals surface area contributed by atoms with Crippen LogP contribution in [0.4, 0.5) is 0 Å². The molecule has 0 aliphatic rings. The lowest BCUT2D eigenvalue weighted by Gasteiger charge is -2.00. The molecule has 0 bridgehead atoms. The summed E-state index contributed by atoms with van der Waals surface area (Å²) in [7, 11) is 0. The average Bonchev–Trinajstić information content (AvgIpc) is 3.12. The number of aryl methyl sites for hydroxylation is 1. The summed E-state index contributed by atoms with van der Waals surface area (Å²) in [5.74, 6) is 0.0743. The summed E-state index contributed by atoms with van der Waals surface area (Å²) in [5.41, 5.74) is 2.11. The van der Waals surface area contributed by atoms with E-state index in [1.807, 2.05) is 23.6 Å². The molecule has 24 heavy (non-hydrogen) atoms. The van der Waals surface area contributed by atoms with Crippen molar-refractivity contribution in [1.29, 1.82) is 0 Å². The first-order chi connectivity index (χ1) is 11.7. The number of thioether (sulfide) groups is 1. The molecule has 0 aliphatic heterocycles. The Hall–Kier alpha value is -2.06. The van der Waals surface area contributed by atoms with Crippen molar-refractivity contribution in [1.82, 2.24) is 9.55 Å². The Morgan fingerprint density at radius 1 is 1.42 bits per heavy atom. The lowest BCUT2D eigenvalue weighted by Crippen LogP contribution is -2.15. The number of hydrogen-bond acceptors (Lipinski definition) is 7. The van der Waals surface area contributed by atoms with Gasteiger partial charge < -0.3 is 9.15 Å². The number of thiazole rings is 1. The number of fused-ring (bicyclic) bond motifs is 1. The third kappa shape index (κ3) is 3.88. The maximum Gasteiger partial charge on any atom is 0.419 e. The van der Waals surface area contributed by atoms with Crippen molar-refractivity contribution in [2.75, 3.05) is 12.4 Å². The number of oxazole rings is 1. The Morgan fingerprint density at radius 2 is 2.25 bits per heavy atom. The second kappa shape index (κ2) is 7.67. The van der Waals surface area contributed by atoms with Gasteiger partial charge in [0.2, 0.25) is 0 Å². The normalized spacial score (nSPS) is 11.0. The fourth-order valence-corrected chi connectivity index (χ4v) is 4.09. The van der Waals surface area contributed by atoms with Gasteiger partial charge in [0, 0.05) is 17.7 Å². The predicted molar refractivity (Wildman–Crippen MR) is 93.6 cm³/mol. The highest BCUT2D eigenvalue weighted by Crippen LogP contribution is 2.23. The van der Waals surface area contributed by atoms with Crippen molar-refractivity contribution in [3.05, 3.63) is 45.9 Å². The van der Waals surface area contributed by atoms with E-state index < -0.39 is 0 Å². The van der Waals surface area contributed by atoms with Gasteiger partial charge in [0.15, 0.2) is 5.58 Å². The Bertz CT molecular complexity index is 897. The van der Waals surface area contributed by atoms with E-state index in [2.05, 4.69) is 4.98 Å². The molecule has 2 aromatic heterocycles. The summed E-state index contributed by atoms with van der Waals surface area (Å²) in [4.78, 5) is 27.7. The smallest absolute Gasteiger partial charge is 0.419 e. The molecule has 8 heteroatoms. The number of nitrogens with zero attached hydrogens (tertiary/aromatic N) is 2. The number of carbonyl (C=O) groups is 1. The van der Waals surface area contributed by atoms with Crippen LogP contribution in [0.15, 0.2) is 43.2 Å². The lowest BCUT2D eigenvalue weighted by molar-refractivity contribution is -0.142. The fraction of sp³-hybridized carbons (Fsp3) is 0.312. The molecule has 0 aliphatic carbocycles. The van der Waals surface area contributed by atoms with Gasteiger partial charge in [-0.1, -0.05) is 23.9 Å². The monoisotopic (exact) mass is 364 g/mol. The number of aromatic nitrogens is 2. The molecule has 2 heterocycles. The highest BCUT2D eigenvalue weighted by atomic mass is 32.2. The molecule has 0 amide bonds. The summed E-state index contributed by atoms with van der Waals surface area (Å²) in [6.07, 6.45) is 0.191. The van der Waals surface area contributed by atoms with Gasteiger partial charge in [-0.05, 0) is 19.1 Å². The minimum absolute atomic E-state index is 0.191. The number of para-hydroxylation sites is 2. The van der Waals surface area contributed by atoms with E-state index in [1.54, 1.807) is 29.3 Å². The van der Waals surface area contributed by atoms with Crippen molar-refractivity contribution in [3.8, 4) is 0 Å². The number of ether oxygens (including phenoxy) is 1. The van der Waals surface area contributed by atoms with Crippen LogP contribution >= 0.6 is 23.1 Å². The zero-order valence-corrected chi connectivity index (χ0v) is 14.7. The number of benzene rings is 1. The third-order valence-corrected chi connectivity index (χ3v) is 5.33. The summed E-state index contributed by atoms with van der Waals surface area (Å²) in [6.45, 7) is 2.69. The van der Waals surface area contributed by atoms with Crippen LogP contribution in [0.1, 0.15) is 12.6 Å². The SMILES string of the molecule is CCOC(=O)Cc1csc(SCCn2c(=O)oc3ccccc32)n1. The van der Waals surface area contributed by atoms with Gasteiger partial charge >= 0.3 is 11.7 Å². The van der Waals surface area contributed by atoms with Gasteiger partial charge in [-0.3, -0.25) is 9.36 Å². The van der Waals surface area contributed by atoms with E-state index in [9.17, 15) is 9.59 Å². The molecule has 3 aromatic rings. The Balaban J connectivity index is 1.58. The molecule has 0 spiro atoms. The summed E-state index contributed by atoms with van der Waals surface area (Å²) < 4.78 is 12.6. The number of carbonyl (C=O) groups excluding carboxylic acids is 1. The van der Waals surface area contributed by atoms with E-state index >= 15 is 0 Å². The number of hydrogen-bond donors (Lipinski definition) is 0. The van der Waals surface area contributed by atoms with E-state index in [0.717, 1.165) is 9.86 Å². The van der Waals surface area contributed by atoms with Crippen LogP contribution in [0.2, 0.25) is 0 Å². The molecule has 126 valence electrons. The fourth-order valence-electron chi connectivity index (χ4n) is 2.25. The second-order valence-corrected chi connectivity index (χ2v) is 7.12. The zero-order valence-electron chi connectivity index (χ0n) is 13.1. The Kier molecular flexibility index (Phi) is 5.37. The topological polar surface area (TPSA) is 74.3 Å². The van der Waals surface area contributed by atoms with Gasteiger partial charge in [0.25, 0.3) is 0 Å². The van der Waals surface area contributed by atoms with E-state index in [4.69, 9.17) is 9.15 Å². The molecule has 0 saturated heterocycles. The van der Waals surface area contributed by atoms with Gasteiger partial charge in [0.1, 0.15) is 4.34 Å². The molecule has 0 unspecified atom stereocenters. The molecule has 0 saturated carbocycles. The maximum atomic E-state index is 11.9. The minimum atomic E-state index is -0.348. The van der Waals surface area contributed by atoms with E-state index in [0.29, 0.717) is 30.2 Å². The van der Waals surface area contributed by atoms with Gasteiger partial charge in [-0.15, -0.1) is 11.3 Å². The summed E-state index contributed by atoms with van der Waals surface area (Å²) in [6, 6.07) is 7.36. The van der Waals surface area contributed by atoms with Crippen LogP contribution in [0.25, 0.3) is 11.1 Å². The predicted octanol–water partition coefficient (Wildman–Crippen LogP) is 2.95. The average molecular weight is 364 g/mol. The first-order valence-electron chi connectivity index (χ1n) is 7.48. The quantitative estimate of drug-likeness (QED) is 0.474. The van der Waals surface area contributed by atoms with Crippen LogP contribution < -0.4 is 5.76 Å². The molecular formula is C16H16N2O4S2. The molecular weight excluding hydrogens is 348 g/mol. The van der Waals surface area contributed by atoms with E-state index in [1.165, 1.54) is 11.3 Å². The van der Waals surface area contributed by atoms with Crippen LogP contribution in [-0.4, -0.2) is 27.9 Å². The van der Waals surface area contributed by atoms with Crippen LogP contribution in [0.3, 0.4) is 0 Å².